The molecule has 1 heterocycles. The Morgan fingerprint density at radius 3 is 2.14 bits per heavy atom. The molecule has 0 saturated carbocycles. The smallest absolute Gasteiger partial charge is 0.162 e. The van der Waals surface area contributed by atoms with Gasteiger partial charge < -0.3 is 19.3 Å². The summed E-state index contributed by atoms with van der Waals surface area (Å²) < 4.78 is 16.3. The largest absolute Gasteiger partial charge is 0.493 e. The average Bonchev–Trinajstić information content (AvgIpc) is 2.71. The van der Waals surface area contributed by atoms with Crippen LogP contribution >= 0.6 is 11.6 Å². The molecule has 1 aromatic carbocycles. The number of aliphatic hydroxyl groups is 1. The summed E-state index contributed by atoms with van der Waals surface area (Å²) in [6.07, 6.45) is -0.597. The van der Waals surface area contributed by atoms with E-state index in [0.717, 1.165) is 0 Å². The van der Waals surface area contributed by atoms with Crippen LogP contribution in [0.2, 0.25) is 5.02 Å². The van der Waals surface area contributed by atoms with Crippen molar-refractivity contribution in [1.29, 1.82) is 0 Å². The minimum Gasteiger partial charge on any atom is -0.493 e. The summed E-state index contributed by atoms with van der Waals surface area (Å²) in [5, 5.41) is 11.3. The Balaban J connectivity index is 2.37. The summed E-state index contributed by atoms with van der Waals surface area (Å²) in [7, 11) is 3.12. The fraction of sp³-hybridized carbons (Fsp3) is 0.625. The Bertz CT molecular complexity index is 505. The van der Waals surface area contributed by atoms with Crippen LogP contribution in [0, 0.1) is 11.8 Å². The minimum atomic E-state index is -0.702. The van der Waals surface area contributed by atoms with Gasteiger partial charge in [-0.2, -0.15) is 0 Å². The van der Waals surface area contributed by atoms with E-state index in [2.05, 4.69) is 6.92 Å². The minimum absolute atomic E-state index is 0.00407. The second-order valence-corrected chi connectivity index (χ2v) is 6.06. The standard InChI is InChI=1S/C16H23ClO4/c1-8-9(2)21-10(3)15(8)16(18)11-6-13(19-4)14(20-5)7-12(11)17/h6-10,15-16,18H,1-5H3. The maximum atomic E-state index is 10.8. The second-order valence-electron chi connectivity index (χ2n) is 5.66. The van der Waals surface area contributed by atoms with Gasteiger partial charge in [0, 0.05) is 17.5 Å². The van der Waals surface area contributed by atoms with Gasteiger partial charge in [0.15, 0.2) is 11.5 Å². The Hall–Kier alpha value is -0.970. The lowest BCUT2D eigenvalue weighted by Crippen LogP contribution is -2.25. The second kappa shape index (κ2) is 6.42. The van der Waals surface area contributed by atoms with Crippen molar-refractivity contribution in [3.8, 4) is 11.5 Å². The molecule has 1 aromatic rings. The first-order valence-electron chi connectivity index (χ1n) is 7.15. The van der Waals surface area contributed by atoms with Gasteiger partial charge in [-0.3, -0.25) is 0 Å². The van der Waals surface area contributed by atoms with Gasteiger partial charge in [-0.15, -0.1) is 0 Å². The molecular formula is C16H23ClO4. The lowest BCUT2D eigenvalue weighted by molar-refractivity contribution is 0.0231. The van der Waals surface area contributed by atoms with Crippen molar-refractivity contribution >= 4 is 11.6 Å². The predicted octanol–water partition coefficient (Wildman–Crippen LogP) is 3.45. The van der Waals surface area contributed by atoms with Crippen molar-refractivity contribution in [3.63, 3.8) is 0 Å². The van der Waals surface area contributed by atoms with Crippen molar-refractivity contribution in [2.24, 2.45) is 11.8 Å². The highest BCUT2D eigenvalue weighted by Gasteiger charge is 2.42. The molecule has 4 nitrogen and oxygen atoms in total. The van der Waals surface area contributed by atoms with Gasteiger partial charge in [-0.1, -0.05) is 18.5 Å². The van der Waals surface area contributed by atoms with Crippen LogP contribution in [0.5, 0.6) is 11.5 Å². The number of methoxy groups -OCH3 is 2. The lowest BCUT2D eigenvalue weighted by Gasteiger charge is -2.26. The fourth-order valence-corrected chi connectivity index (χ4v) is 3.41. The molecule has 5 atom stereocenters. The van der Waals surface area contributed by atoms with Gasteiger partial charge in [0.05, 0.1) is 37.6 Å². The number of benzene rings is 1. The summed E-state index contributed by atoms with van der Waals surface area (Å²) >= 11 is 6.31. The van der Waals surface area contributed by atoms with Crippen LogP contribution < -0.4 is 9.47 Å². The fourth-order valence-electron chi connectivity index (χ4n) is 3.14. The van der Waals surface area contributed by atoms with E-state index in [9.17, 15) is 5.11 Å². The van der Waals surface area contributed by atoms with E-state index < -0.39 is 6.10 Å². The van der Waals surface area contributed by atoms with Crippen molar-refractivity contribution in [3.05, 3.63) is 22.7 Å². The summed E-state index contributed by atoms with van der Waals surface area (Å²) in [6.45, 7) is 6.11. The van der Waals surface area contributed by atoms with Crippen LogP contribution in [0.25, 0.3) is 0 Å². The summed E-state index contributed by atoms with van der Waals surface area (Å²) in [4.78, 5) is 0. The summed E-state index contributed by atoms with van der Waals surface area (Å²) in [5.74, 6) is 1.36. The van der Waals surface area contributed by atoms with E-state index in [1.807, 2.05) is 13.8 Å². The molecule has 118 valence electrons. The van der Waals surface area contributed by atoms with Gasteiger partial charge in [0.25, 0.3) is 0 Å². The molecule has 0 aliphatic carbocycles. The van der Waals surface area contributed by atoms with E-state index in [0.29, 0.717) is 22.1 Å². The zero-order valence-electron chi connectivity index (χ0n) is 13.1. The average molecular weight is 315 g/mol. The molecule has 1 aliphatic rings. The number of hydrogen-bond acceptors (Lipinski definition) is 4. The monoisotopic (exact) mass is 314 g/mol. The van der Waals surface area contributed by atoms with Crippen molar-refractivity contribution in [2.45, 2.75) is 39.1 Å². The SMILES string of the molecule is COc1cc(Cl)c(C(O)C2C(C)OC(C)C2C)cc1OC. The van der Waals surface area contributed by atoms with Crippen LogP contribution in [0.3, 0.4) is 0 Å². The van der Waals surface area contributed by atoms with Gasteiger partial charge in [-0.05, 0) is 25.8 Å². The molecule has 5 heteroatoms. The molecular weight excluding hydrogens is 292 g/mol. The topological polar surface area (TPSA) is 47.9 Å². The molecule has 0 aromatic heterocycles. The molecule has 21 heavy (non-hydrogen) atoms. The van der Waals surface area contributed by atoms with Gasteiger partial charge in [0.1, 0.15) is 0 Å². The van der Waals surface area contributed by atoms with E-state index in [-0.39, 0.29) is 24.0 Å². The van der Waals surface area contributed by atoms with Crippen molar-refractivity contribution in [1.82, 2.24) is 0 Å². The number of halogens is 1. The molecule has 1 N–H and O–H groups in total. The maximum Gasteiger partial charge on any atom is 0.162 e. The van der Waals surface area contributed by atoms with Crippen LogP contribution in [-0.2, 0) is 4.74 Å². The van der Waals surface area contributed by atoms with Gasteiger partial charge in [-0.25, -0.2) is 0 Å². The molecule has 1 fully saturated rings. The predicted molar refractivity (Wildman–Crippen MR) is 82.2 cm³/mol. The molecule has 0 bridgehead atoms. The molecule has 1 aliphatic heterocycles. The van der Waals surface area contributed by atoms with Gasteiger partial charge in [0.2, 0.25) is 0 Å². The van der Waals surface area contributed by atoms with E-state index in [1.54, 1.807) is 26.4 Å². The molecule has 5 unspecified atom stereocenters. The van der Waals surface area contributed by atoms with Gasteiger partial charge >= 0.3 is 0 Å². The highest BCUT2D eigenvalue weighted by Crippen LogP contribution is 2.44. The molecule has 0 radical (unpaired) electrons. The van der Waals surface area contributed by atoms with E-state index in [1.165, 1.54) is 0 Å². The summed E-state index contributed by atoms with van der Waals surface area (Å²) in [5.41, 5.74) is 0.649. The van der Waals surface area contributed by atoms with E-state index >= 15 is 0 Å². The molecule has 1 saturated heterocycles. The first-order valence-corrected chi connectivity index (χ1v) is 7.53. The van der Waals surface area contributed by atoms with Crippen LogP contribution in [0.4, 0.5) is 0 Å². The Morgan fingerprint density at radius 1 is 1.10 bits per heavy atom. The highest BCUT2D eigenvalue weighted by atomic mass is 35.5. The lowest BCUT2D eigenvalue weighted by atomic mass is 9.82. The Morgan fingerprint density at radius 2 is 1.67 bits per heavy atom. The molecule has 0 spiro atoms. The zero-order valence-corrected chi connectivity index (χ0v) is 13.8. The number of rotatable bonds is 4. The van der Waals surface area contributed by atoms with Crippen molar-refractivity contribution in [2.75, 3.05) is 14.2 Å². The van der Waals surface area contributed by atoms with Crippen molar-refractivity contribution < 1.29 is 19.3 Å². The number of aliphatic hydroxyl groups excluding tert-OH is 1. The highest BCUT2D eigenvalue weighted by molar-refractivity contribution is 6.31. The first kappa shape index (κ1) is 16.4. The Labute approximate surface area is 131 Å². The normalized spacial score (nSPS) is 30.2. The number of hydrogen-bond donors (Lipinski definition) is 1. The number of ether oxygens (including phenoxy) is 3. The molecule has 2 rings (SSSR count). The third kappa shape index (κ3) is 2.98. The zero-order chi connectivity index (χ0) is 15.7. The maximum absolute atomic E-state index is 10.8. The van der Waals surface area contributed by atoms with Crippen LogP contribution in [0.1, 0.15) is 32.4 Å². The third-order valence-corrected chi connectivity index (χ3v) is 4.83. The first-order chi connectivity index (χ1) is 9.90. The third-order valence-electron chi connectivity index (χ3n) is 4.50. The molecule has 0 amide bonds. The van der Waals surface area contributed by atoms with Crippen LogP contribution in [0.15, 0.2) is 12.1 Å². The summed E-state index contributed by atoms with van der Waals surface area (Å²) in [6, 6.07) is 3.42. The van der Waals surface area contributed by atoms with E-state index in [4.69, 9.17) is 25.8 Å². The Kier molecular flexibility index (Phi) is 5.02. The quantitative estimate of drug-likeness (QED) is 0.924. The van der Waals surface area contributed by atoms with Crippen LogP contribution in [-0.4, -0.2) is 31.5 Å².